The lowest BCUT2D eigenvalue weighted by atomic mass is 10.1. The average Bonchev–Trinajstić information content (AvgIpc) is 3.23. The van der Waals surface area contributed by atoms with E-state index in [0.29, 0.717) is 24.7 Å². The third-order valence-corrected chi connectivity index (χ3v) is 3.70. The van der Waals surface area contributed by atoms with Gasteiger partial charge in [0, 0.05) is 0 Å². The number of hydrogen-bond donors (Lipinski definition) is 0. The van der Waals surface area contributed by atoms with E-state index in [0.717, 1.165) is 22.3 Å². The van der Waals surface area contributed by atoms with Crippen molar-refractivity contribution >= 4 is 11.0 Å². The van der Waals surface area contributed by atoms with Crippen molar-refractivity contribution in [2.45, 2.75) is 13.0 Å². The Morgan fingerprint density at radius 3 is 2.79 bits per heavy atom. The molecule has 0 aliphatic carbocycles. The molecule has 0 bridgehead atoms. The number of nitrogens with zero attached hydrogens (tertiary/aromatic N) is 5. The molecule has 7 heteroatoms. The van der Waals surface area contributed by atoms with Crippen molar-refractivity contribution in [3.63, 3.8) is 0 Å². The molecule has 0 N–H and O–H groups in total. The minimum absolute atomic E-state index is 0.394. The van der Waals surface area contributed by atoms with Crippen molar-refractivity contribution in [1.82, 2.24) is 25.2 Å². The monoisotopic (exact) mass is 321 g/mol. The van der Waals surface area contributed by atoms with Gasteiger partial charge in [-0.15, -0.1) is 15.3 Å². The van der Waals surface area contributed by atoms with E-state index >= 15 is 0 Å². The average molecular weight is 321 g/mol. The first kappa shape index (κ1) is 14.4. The van der Waals surface area contributed by atoms with Crippen LogP contribution in [0.5, 0.6) is 5.75 Å². The highest BCUT2D eigenvalue weighted by atomic mass is 16.5. The van der Waals surface area contributed by atoms with E-state index in [1.807, 2.05) is 48.5 Å². The van der Waals surface area contributed by atoms with Crippen molar-refractivity contribution in [3.05, 3.63) is 65.9 Å². The van der Waals surface area contributed by atoms with Crippen LogP contribution >= 0.6 is 0 Å². The lowest BCUT2D eigenvalue weighted by Gasteiger charge is -2.01. The van der Waals surface area contributed by atoms with Gasteiger partial charge in [-0.3, -0.25) is 0 Å². The van der Waals surface area contributed by atoms with Crippen LogP contribution < -0.4 is 4.74 Å². The van der Waals surface area contributed by atoms with Crippen molar-refractivity contribution in [2.75, 3.05) is 7.11 Å². The molecule has 2 heterocycles. The summed E-state index contributed by atoms with van der Waals surface area (Å²) in [6.07, 6.45) is 0.558. The molecule has 0 spiro atoms. The van der Waals surface area contributed by atoms with Gasteiger partial charge in [-0.1, -0.05) is 29.5 Å². The number of methoxy groups -OCH3 is 1. The zero-order valence-corrected chi connectivity index (χ0v) is 13.1. The molecule has 0 fully saturated rings. The van der Waals surface area contributed by atoms with Crippen LogP contribution in [-0.4, -0.2) is 32.3 Å². The van der Waals surface area contributed by atoms with Crippen LogP contribution in [0.3, 0.4) is 0 Å². The minimum Gasteiger partial charge on any atom is -0.497 e. The van der Waals surface area contributed by atoms with Gasteiger partial charge in [0.2, 0.25) is 11.8 Å². The molecule has 0 radical (unpaired) electrons. The Kier molecular flexibility index (Phi) is 3.66. The van der Waals surface area contributed by atoms with Gasteiger partial charge in [0.25, 0.3) is 0 Å². The number of aromatic nitrogens is 5. The first-order valence-corrected chi connectivity index (χ1v) is 7.54. The summed E-state index contributed by atoms with van der Waals surface area (Å²) in [5.74, 6) is 1.87. The second-order valence-corrected chi connectivity index (χ2v) is 5.35. The second-order valence-electron chi connectivity index (χ2n) is 5.35. The number of para-hydroxylation sites is 1. The van der Waals surface area contributed by atoms with Gasteiger partial charge in [0.15, 0.2) is 0 Å². The molecule has 0 saturated heterocycles. The van der Waals surface area contributed by atoms with Gasteiger partial charge >= 0.3 is 0 Å². The molecule has 0 aliphatic heterocycles. The summed E-state index contributed by atoms with van der Waals surface area (Å²) in [6, 6.07) is 15.5. The van der Waals surface area contributed by atoms with Gasteiger partial charge in [0.1, 0.15) is 17.8 Å². The molecule has 0 saturated carbocycles. The van der Waals surface area contributed by atoms with Crippen molar-refractivity contribution < 1.29 is 9.15 Å². The van der Waals surface area contributed by atoms with Crippen molar-refractivity contribution in [2.24, 2.45) is 0 Å². The molecule has 120 valence electrons. The first-order valence-electron chi connectivity index (χ1n) is 7.54. The van der Waals surface area contributed by atoms with Crippen LogP contribution in [0.2, 0.25) is 0 Å². The maximum Gasteiger partial charge on any atom is 0.238 e. The Bertz CT molecular complexity index is 976. The molecule has 0 unspecified atom stereocenters. The fourth-order valence-electron chi connectivity index (χ4n) is 2.54. The topological polar surface area (TPSA) is 78.9 Å². The van der Waals surface area contributed by atoms with Gasteiger partial charge in [-0.2, -0.15) is 0 Å². The summed E-state index contributed by atoms with van der Waals surface area (Å²) in [5, 5.41) is 16.5. The van der Waals surface area contributed by atoms with Crippen LogP contribution in [0.1, 0.15) is 17.3 Å². The van der Waals surface area contributed by atoms with Crippen LogP contribution in [0.25, 0.3) is 11.0 Å². The molecule has 0 atom stereocenters. The zero-order valence-electron chi connectivity index (χ0n) is 13.1. The van der Waals surface area contributed by atoms with Gasteiger partial charge in [-0.05, 0) is 29.8 Å². The maximum absolute atomic E-state index is 5.73. The Labute approximate surface area is 137 Å². The fraction of sp³-hybridized carbons (Fsp3) is 0.176. The molecule has 0 aliphatic rings. The predicted octanol–water partition coefficient (Wildman–Crippen LogP) is 2.46. The molecule has 24 heavy (non-hydrogen) atoms. The number of rotatable bonds is 5. The second kappa shape index (κ2) is 6.11. The SMILES string of the molecule is COc1cccc(Cc2nnc(Cn3nnc4ccccc43)o2)c1. The van der Waals surface area contributed by atoms with Crippen LogP contribution in [0, 0.1) is 0 Å². The van der Waals surface area contributed by atoms with Gasteiger partial charge < -0.3 is 9.15 Å². The highest BCUT2D eigenvalue weighted by Crippen LogP contribution is 2.16. The van der Waals surface area contributed by atoms with Crippen molar-refractivity contribution in [3.8, 4) is 5.75 Å². The van der Waals surface area contributed by atoms with E-state index in [1.54, 1.807) is 11.8 Å². The third-order valence-electron chi connectivity index (χ3n) is 3.70. The zero-order chi connectivity index (χ0) is 16.4. The van der Waals surface area contributed by atoms with E-state index < -0.39 is 0 Å². The summed E-state index contributed by atoms with van der Waals surface area (Å²) in [6.45, 7) is 0.394. The summed E-state index contributed by atoms with van der Waals surface area (Å²) in [4.78, 5) is 0. The number of fused-ring (bicyclic) bond motifs is 1. The van der Waals surface area contributed by atoms with E-state index in [1.165, 1.54) is 0 Å². The van der Waals surface area contributed by atoms with E-state index in [4.69, 9.17) is 9.15 Å². The summed E-state index contributed by atoms with van der Waals surface area (Å²) in [5.41, 5.74) is 2.83. The molecular formula is C17H15N5O2. The summed E-state index contributed by atoms with van der Waals surface area (Å²) < 4.78 is 12.7. The number of hydrogen-bond acceptors (Lipinski definition) is 6. The smallest absolute Gasteiger partial charge is 0.238 e. The minimum atomic E-state index is 0.394. The molecule has 0 amide bonds. The van der Waals surface area contributed by atoms with E-state index in [9.17, 15) is 0 Å². The standard InChI is InChI=1S/C17H15N5O2/c1-23-13-6-4-5-12(9-13)10-16-19-20-17(24-16)11-22-15-8-3-2-7-14(15)18-21-22/h2-9H,10-11H2,1H3. The molecular weight excluding hydrogens is 306 g/mol. The maximum atomic E-state index is 5.73. The molecule has 4 rings (SSSR count). The first-order chi connectivity index (χ1) is 11.8. The van der Waals surface area contributed by atoms with Gasteiger partial charge in [0.05, 0.1) is 19.0 Å². The number of benzene rings is 2. The summed E-state index contributed by atoms with van der Waals surface area (Å²) >= 11 is 0. The third kappa shape index (κ3) is 2.83. The highest BCUT2D eigenvalue weighted by molar-refractivity contribution is 5.73. The van der Waals surface area contributed by atoms with E-state index in [-0.39, 0.29) is 0 Å². The lowest BCUT2D eigenvalue weighted by Crippen LogP contribution is -2.02. The van der Waals surface area contributed by atoms with Gasteiger partial charge in [-0.25, -0.2) is 4.68 Å². The van der Waals surface area contributed by atoms with Crippen LogP contribution in [-0.2, 0) is 13.0 Å². The Hall–Kier alpha value is -3.22. The quantitative estimate of drug-likeness (QED) is 0.562. The summed E-state index contributed by atoms with van der Waals surface area (Å²) in [7, 11) is 1.65. The highest BCUT2D eigenvalue weighted by Gasteiger charge is 2.11. The Balaban J connectivity index is 1.52. The largest absolute Gasteiger partial charge is 0.497 e. The normalized spacial score (nSPS) is 11.0. The number of ether oxygens (including phenoxy) is 1. The molecule has 7 nitrogen and oxygen atoms in total. The molecule has 4 aromatic rings. The van der Waals surface area contributed by atoms with Crippen LogP contribution in [0.4, 0.5) is 0 Å². The Morgan fingerprint density at radius 1 is 1.00 bits per heavy atom. The Morgan fingerprint density at radius 2 is 1.88 bits per heavy atom. The fourth-order valence-corrected chi connectivity index (χ4v) is 2.54. The predicted molar refractivity (Wildman–Crippen MR) is 86.7 cm³/mol. The van der Waals surface area contributed by atoms with Crippen molar-refractivity contribution in [1.29, 1.82) is 0 Å². The lowest BCUT2D eigenvalue weighted by molar-refractivity contribution is 0.413. The van der Waals surface area contributed by atoms with Crippen LogP contribution in [0.15, 0.2) is 52.9 Å². The molecule has 2 aromatic carbocycles. The van der Waals surface area contributed by atoms with E-state index in [2.05, 4.69) is 20.5 Å². The molecule has 2 aromatic heterocycles.